The first-order valence-electron chi connectivity index (χ1n) is 5.54. The normalized spacial score (nSPS) is 39.9. The summed E-state index contributed by atoms with van der Waals surface area (Å²) in [5, 5.41) is 37.5. The Kier molecular flexibility index (Phi) is 5.60. The predicted molar refractivity (Wildman–Crippen MR) is 54.6 cm³/mol. The lowest BCUT2D eigenvalue weighted by Gasteiger charge is -2.39. The molecule has 1 saturated heterocycles. The number of ether oxygens (including phenoxy) is 2. The number of hydrogen-bond acceptors (Lipinski definition) is 6. The SMILES string of the molecule is CCCCO[C@@H]1OC(CO)[C@@H](O)[C@H](O)C1O. The number of rotatable bonds is 5. The summed E-state index contributed by atoms with van der Waals surface area (Å²) in [5.41, 5.74) is 0. The van der Waals surface area contributed by atoms with Crippen LogP contribution >= 0.6 is 0 Å². The number of unbranched alkanes of at least 4 members (excludes halogenated alkanes) is 1. The first-order chi connectivity index (χ1) is 7.61. The van der Waals surface area contributed by atoms with Crippen LogP contribution in [0.4, 0.5) is 0 Å². The van der Waals surface area contributed by atoms with Gasteiger partial charge in [-0.3, -0.25) is 0 Å². The van der Waals surface area contributed by atoms with Gasteiger partial charge in [-0.05, 0) is 6.42 Å². The van der Waals surface area contributed by atoms with Gasteiger partial charge in [0.25, 0.3) is 0 Å². The van der Waals surface area contributed by atoms with Gasteiger partial charge in [0.1, 0.15) is 24.4 Å². The molecule has 16 heavy (non-hydrogen) atoms. The standard InChI is InChI=1S/C10H20O6/c1-2-3-4-15-10-9(14)8(13)7(12)6(5-11)16-10/h6-14H,2-5H2,1H3/t6?,7-,8+,9?,10-/m1/s1. The minimum atomic E-state index is -1.36. The van der Waals surface area contributed by atoms with E-state index in [2.05, 4.69) is 0 Å². The van der Waals surface area contributed by atoms with E-state index in [1.54, 1.807) is 0 Å². The summed E-state index contributed by atoms with van der Waals surface area (Å²) >= 11 is 0. The molecule has 0 bridgehead atoms. The predicted octanol–water partition coefficient (Wildman–Crippen LogP) is -1.40. The molecule has 0 saturated carbocycles. The molecule has 1 aliphatic heterocycles. The Labute approximate surface area is 94.4 Å². The molecule has 4 N–H and O–H groups in total. The largest absolute Gasteiger partial charge is 0.394 e. The summed E-state index contributed by atoms with van der Waals surface area (Å²) in [4.78, 5) is 0. The Bertz CT molecular complexity index is 198. The van der Waals surface area contributed by atoms with E-state index in [4.69, 9.17) is 14.6 Å². The van der Waals surface area contributed by atoms with Crippen molar-refractivity contribution in [2.75, 3.05) is 13.2 Å². The molecule has 6 nitrogen and oxygen atoms in total. The van der Waals surface area contributed by atoms with Gasteiger partial charge in [0.15, 0.2) is 6.29 Å². The van der Waals surface area contributed by atoms with Gasteiger partial charge in [-0.15, -0.1) is 0 Å². The van der Waals surface area contributed by atoms with E-state index in [0.717, 1.165) is 12.8 Å². The lowest BCUT2D eigenvalue weighted by Crippen LogP contribution is -2.59. The Morgan fingerprint density at radius 1 is 1.12 bits per heavy atom. The van der Waals surface area contributed by atoms with Crippen molar-refractivity contribution in [1.29, 1.82) is 0 Å². The summed E-state index contributed by atoms with van der Waals surface area (Å²) in [6, 6.07) is 0. The van der Waals surface area contributed by atoms with E-state index in [9.17, 15) is 15.3 Å². The van der Waals surface area contributed by atoms with Gasteiger partial charge in [-0.1, -0.05) is 13.3 Å². The van der Waals surface area contributed by atoms with Gasteiger partial charge in [-0.25, -0.2) is 0 Å². The van der Waals surface area contributed by atoms with E-state index < -0.39 is 37.3 Å². The topological polar surface area (TPSA) is 99.4 Å². The van der Waals surface area contributed by atoms with Gasteiger partial charge in [0.2, 0.25) is 0 Å². The van der Waals surface area contributed by atoms with Crippen molar-refractivity contribution < 1.29 is 29.9 Å². The first-order valence-corrected chi connectivity index (χ1v) is 5.54. The lowest BCUT2D eigenvalue weighted by atomic mass is 9.99. The molecule has 0 radical (unpaired) electrons. The van der Waals surface area contributed by atoms with Crippen molar-refractivity contribution in [3.8, 4) is 0 Å². The molecule has 1 fully saturated rings. The van der Waals surface area contributed by atoms with Gasteiger partial charge >= 0.3 is 0 Å². The fourth-order valence-corrected chi connectivity index (χ4v) is 1.55. The second-order valence-corrected chi connectivity index (χ2v) is 3.92. The van der Waals surface area contributed by atoms with Crippen LogP contribution in [0.5, 0.6) is 0 Å². The zero-order chi connectivity index (χ0) is 12.1. The van der Waals surface area contributed by atoms with E-state index in [0.29, 0.717) is 6.61 Å². The monoisotopic (exact) mass is 236 g/mol. The lowest BCUT2D eigenvalue weighted by molar-refractivity contribution is -0.301. The molecular weight excluding hydrogens is 216 g/mol. The van der Waals surface area contributed by atoms with Gasteiger partial charge < -0.3 is 29.9 Å². The van der Waals surface area contributed by atoms with Crippen molar-refractivity contribution in [3.63, 3.8) is 0 Å². The minimum Gasteiger partial charge on any atom is -0.394 e. The second kappa shape index (κ2) is 6.48. The third kappa shape index (κ3) is 3.13. The van der Waals surface area contributed by atoms with E-state index in [1.165, 1.54) is 0 Å². The van der Waals surface area contributed by atoms with Crippen LogP contribution in [0.1, 0.15) is 19.8 Å². The molecular formula is C10H20O6. The highest BCUT2D eigenvalue weighted by molar-refractivity contribution is 4.88. The quantitative estimate of drug-likeness (QED) is 0.438. The molecule has 96 valence electrons. The van der Waals surface area contributed by atoms with E-state index in [-0.39, 0.29) is 0 Å². The maximum Gasteiger partial charge on any atom is 0.186 e. The first kappa shape index (κ1) is 13.8. The Morgan fingerprint density at radius 3 is 2.38 bits per heavy atom. The van der Waals surface area contributed by atoms with Crippen LogP contribution in [-0.4, -0.2) is 64.3 Å². The smallest absolute Gasteiger partial charge is 0.186 e. The zero-order valence-electron chi connectivity index (χ0n) is 9.32. The maximum atomic E-state index is 9.58. The molecule has 0 amide bonds. The summed E-state index contributed by atoms with van der Waals surface area (Å²) in [6.07, 6.45) is -4.13. The molecule has 0 spiro atoms. The Balaban J connectivity index is 2.50. The van der Waals surface area contributed by atoms with Gasteiger partial charge in [0, 0.05) is 6.61 Å². The Morgan fingerprint density at radius 2 is 1.81 bits per heavy atom. The molecule has 6 heteroatoms. The second-order valence-electron chi connectivity index (χ2n) is 3.92. The number of aliphatic hydroxyl groups excluding tert-OH is 4. The van der Waals surface area contributed by atoms with Gasteiger partial charge in [0.05, 0.1) is 6.61 Å². The van der Waals surface area contributed by atoms with Crippen molar-refractivity contribution >= 4 is 0 Å². The van der Waals surface area contributed by atoms with Gasteiger partial charge in [-0.2, -0.15) is 0 Å². The maximum absolute atomic E-state index is 9.58. The molecule has 1 aliphatic rings. The van der Waals surface area contributed by atoms with Crippen molar-refractivity contribution in [3.05, 3.63) is 0 Å². The van der Waals surface area contributed by atoms with Crippen LogP contribution in [-0.2, 0) is 9.47 Å². The highest BCUT2D eigenvalue weighted by Gasteiger charge is 2.43. The molecule has 0 aromatic carbocycles. The van der Waals surface area contributed by atoms with E-state index >= 15 is 0 Å². The zero-order valence-corrected chi connectivity index (χ0v) is 9.32. The van der Waals surface area contributed by atoms with Crippen LogP contribution in [0.2, 0.25) is 0 Å². The third-order valence-electron chi connectivity index (χ3n) is 2.63. The van der Waals surface area contributed by atoms with Crippen LogP contribution in [0.3, 0.4) is 0 Å². The highest BCUT2D eigenvalue weighted by Crippen LogP contribution is 2.21. The van der Waals surface area contributed by atoms with Crippen molar-refractivity contribution in [2.24, 2.45) is 0 Å². The summed E-state index contributed by atoms with van der Waals surface area (Å²) in [7, 11) is 0. The fraction of sp³-hybridized carbons (Fsp3) is 1.00. The number of hydrogen-bond donors (Lipinski definition) is 4. The molecule has 0 aliphatic carbocycles. The van der Waals surface area contributed by atoms with Crippen LogP contribution in [0.25, 0.3) is 0 Å². The molecule has 1 rings (SSSR count). The van der Waals surface area contributed by atoms with E-state index in [1.807, 2.05) is 6.92 Å². The fourth-order valence-electron chi connectivity index (χ4n) is 1.55. The number of aliphatic hydroxyl groups is 4. The molecule has 0 aromatic heterocycles. The summed E-state index contributed by atoms with van der Waals surface area (Å²) in [5.74, 6) is 0. The van der Waals surface area contributed by atoms with Crippen molar-refractivity contribution in [1.82, 2.24) is 0 Å². The Hall–Kier alpha value is -0.240. The highest BCUT2D eigenvalue weighted by atomic mass is 16.7. The third-order valence-corrected chi connectivity index (χ3v) is 2.63. The molecule has 2 unspecified atom stereocenters. The van der Waals surface area contributed by atoms with Crippen LogP contribution < -0.4 is 0 Å². The molecule has 5 atom stereocenters. The summed E-state index contributed by atoms with van der Waals surface area (Å²) in [6.45, 7) is 1.97. The molecule has 0 aromatic rings. The van der Waals surface area contributed by atoms with Crippen LogP contribution in [0.15, 0.2) is 0 Å². The minimum absolute atomic E-state index is 0.402. The van der Waals surface area contributed by atoms with Crippen LogP contribution in [0, 0.1) is 0 Å². The average Bonchev–Trinajstić information content (AvgIpc) is 2.29. The van der Waals surface area contributed by atoms with Crippen molar-refractivity contribution in [2.45, 2.75) is 50.5 Å². The average molecular weight is 236 g/mol. The summed E-state index contributed by atoms with van der Waals surface area (Å²) < 4.78 is 10.4. The molecule has 1 heterocycles.